The van der Waals surface area contributed by atoms with Gasteiger partial charge in [0.2, 0.25) is 0 Å². The normalized spacial score (nSPS) is 40.6. The number of hydrogen-bond donors (Lipinski definition) is 1. The minimum Gasteiger partial charge on any atom is -0.473 e. The van der Waals surface area contributed by atoms with E-state index in [2.05, 4.69) is 53.1 Å². The molecular weight excluding hydrogens is 483 g/mol. The quantitative estimate of drug-likeness (QED) is 0.279. The van der Waals surface area contributed by atoms with Gasteiger partial charge in [-0.15, -0.1) is 0 Å². The van der Waals surface area contributed by atoms with E-state index in [9.17, 15) is 4.79 Å². The second kappa shape index (κ2) is 11.0. The summed E-state index contributed by atoms with van der Waals surface area (Å²) in [7, 11) is 3.44. The van der Waals surface area contributed by atoms with E-state index in [0.717, 1.165) is 54.8 Å². The van der Waals surface area contributed by atoms with Gasteiger partial charge in [-0.3, -0.25) is 7.05 Å². The van der Waals surface area contributed by atoms with E-state index in [4.69, 9.17) is 4.74 Å². The molecule has 0 heterocycles. The van der Waals surface area contributed by atoms with E-state index in [1.807, 2.05) is 0 Å². The third-order valence-electron chi connectivity index (χ3n) is 10.7. The maximum Gasteiger partial charge on any atom is 3.00 e. The van der Waals surface area contributed by atoms with Crippen molar-refractivity contribution in [3.05, 3.63) is 18.7 Å². The van der Waals surface area contributed by atoms with Crippen LogP contribution in [0.2, 0.25) is 0 Å². The third kappa shape index (κ3) is 5.30. The Morgan fingerprint density at radius 1 is 1.12 bits per heavy atom. The Labute approximate surface area is 228 Å². The molecule has 0 aromatic heterocycles. The van der Waals surface area contributed by atoms with E-state index >= 15 is 0 Å². The van der Waals surface area contributed by atoms with Crippen LogP contribution in [-0.4, -0.2) is 12.2 Å². The van der Waals surface area contributed by atoms with E-state index < -0.39 is 0 Å². The van der Waals surface area contributed by atoms with Gasteiger partial charge >= 0.3 is 38.8 Å². The molecule has 1 N–H and O–H groups in total. The number of amides is 1. The molecule has 182 valence electrons. The van der Waals surface area contributed by atoms with E-state index in [1.54, 1.807) is 5.57 Å². The van der Waals surface area contributed by atoms with E-state index in [1.165, 1.54) is 51.4 Å². The molecule has 0 bridgehead atoms. The molecule has 33 heavy (non-hydrogen) atoms. The van der Waals surface area contributed by atoms with Crippen LogP contribution in [0.15, 0.2) is 11.6 Å². The fourth-order valence-electron chi connectivity index (χ4n) is 8.95. The number of rotatable bonds is 6. The molecule has 0 saturated heterocycles. The predicted octanol–water partition coefficient (Wildman–Crippen LogP) is 7.91. The topological polar surface area (TPSA) is 38.3 Å². The van der Waals surface area contributed by atoms with Crippen LogP contribution >= 0.6 is 0 Å². The number of nitrogens with one attached hydrogen (secondary N) is 1. The predicted molar refractivity (Wildman–Crippen MR) is 132 cm³/mol. The molecule has 1 amide bonds. The Balaban J connectivity index is 0.00000306. The van der Waals surface area contributed by atoms with Crippen molar-refractivity contribution in [1.82, 2.24) is 5.32 Å². The number of ether oxygens (including phenoxy) is 1. The number of carbonyl (C=O) groups excluding carboxylic acids is 1. The van der Waals surface area contributed by atoms with Crippen LogP contribution in [0.1, 0.15) is 105 Å². The van der Waals surface area contributed by atoms with Crippen molar-refractivity contribution < 1.29 is 42.2 Å². The Hall–Kier alpha value is 0.114. The number of alkyl carbamates (subject to hydrolysis) is 1. The molecular formula is C29H48NO2Y+2. The van der Waals surface area contributed by atoms with Gasteiger partial charge in [-0.2, -0.15) is 0 Å². The Kier molecular flexibility index (Phi) is 9.25. The Bertz CT molecular complexity index is 720. The number of hydrogen-bond acceptors (Lipinski definition) is 2. The molecule has 3 nitrogen and oxygen atoms in total. The van der Waals surface area contributed by atoms with Crippen molar-refractivity contribution in [3.63, 3.8) is 0 Å². The molecule has 3 fully saturated rings. The van der Waals surface area contributed by atoms with E-state index in [0.29, 0.717) is 10.8 Å². The number of allylic oxidation sites excluding steroid dienone is 1. The van der Waals surface area contributed by atoms with Crippen LogP contribution in [0.25, 0.3) is 0 Å². The van der Waals surface area contributed by atoms with Crippen molar-refractivity contribution >= 4 is 6.09 Å². The molecule has 8 atom stereocenters. The molecule has 0 aliphatic heterocycles. The molecule has 3 saturated carbocycles. The average molecular weight is 532 g/mol. The fourth-order valence-corrected chi connectivity index (χ4v) is 8.95. The zero-order valence-corrected chi connectivity index (χ0v) is 24.8. The minimum atomic E-state index is -0.388. The summed E-state index contributed by atoms with van der Waals surface area (Å²) in [5.41, 5.74) is 2.44. The first kappa shape index (κ1) is 27.7. The molecule has 0 aromatic rings. The third-order valence-corrected chi connectivity index (χ3v) is 10.7. The van der Waals surface area contributed by atoms with Crippen LogP contribution in [0, 0.1) is 53.4 Å². The Morgan fingerprint density at radius 3 is 2.58 bits per heavy atom. The zero-order valence-electron chi connectivity index (χ0n) is 22.0. The summed E-state index contributed by atoms with van der Waals surface area (Å²) in [6, 6.07) is 0. The molecule has 4 aliphatic rings. The number of fused-ring (bicyclic) bond motifs is 5. The summed E-state index contributed by atoms with van der Waals surface area (Å²) >= 11 is 0. The van der Waals surface area contributed by atoms with Crippen molar-refractivity contribution in [2.24, 2.45) is 46.3 Å². The summed E-state index contributed by atoms with van der Waals surface area (Å²) in [4.78, 5) is 11.7. The Morgan fingerprint density at radius 2 is 1.88 bits per heavy atom. The van der Waals surface area contributed by atoms with Crippen molar-refractivity contribution in [1.29, 1.82) is 0 Å². The van der Waals surface area contributed by atoms with Crippen LogP contribution in [0.5, 0.6) is 0 Å². The molecule has 8 unspecified atom stereocenters. The fraction of sp³-hybridized carbons (Fsp3) is 0.862. The average Bonchev–Trinajstić information content (AvgIpc) is 3.11. The molecule has 4 heteroatoms. The van der Waals surface area contributed by atoms with Crippen molar-refractivity contribution in [3.8, 4) is 0 Å². The summed E-state index contributed by atoms with van der Waals surface area (Å²) in [6.45, 7) is 12.5. The molecule has 0 spiro atoms. The molecule has 4 aliphatic carbocycles. The largest absolute Gasteiger partial charge is 3.00 e. The number of carbonyl (C=O) groups is 1. The first-order chi connectivity index (χ1) is 15.2. The first-order valence-corrected chi connectivity index (χ1v) is 13.6. The summed E-state index contributed by atoms with van der Waals surface area (Å²) in [6.07, 6.45) is 16.4. The first-order valence-electron chi connectivity index (χ1n) is 13.6. The smallest absolute Gasteiger partial charge is 0.473 e. The maximum absolute atomic E-state index is 11.7. The van der Waals surface area contributed by atoms with Crippen LogP contribution in [0.3, 0.4) is 0 Å². The zero-order chi connectivity index (χ0) is 23.1. The summed E-state index contributed by atoms with van der Waals surface area (Å²) in [5, 5.41) is 2.37. The van der Waals surface area contributed by atoms with Gasteiger partial charge in [-0.1, -0.05) is 65.5 Å². The van der Waals surface area contributed by atoms with E-state index in [-0.39, 0.29) is 44.9 Å². The van der Waals surface area contributed by atoms with Gasteiger partial charge in [0.05, 0.1) is 0 Å². The van der Waals surface area contributed by atoms with Crippen LogP contribution < -0.4 is 5.32 Å². The van der Waals surface area contributed by atoms with Gasteiger partial charge in [0.1, 0.15) is 6.10 Å². The van der Waals surface area contributed by atoms with Gasteiger partial charge in [0, 0.05) is 6.42 Å². The van der Waals surface area contributed by atoms with Crippen molar-refractivity contribution in [2.75, 3.05) is 0 Å². The molecule has 0 radical (unpaired) electrons. The maximum atomic E-state index is 11.7. The second-order valence-electron chi connectivity index (χ2n) is 12.7. The minimum absolute atomic E-state index is 0. The summed E-state index contributed by atoms with van der Waals surface area (Å²) < 4.78 is 5.59. The van der Waals surface area contributed by atoms with Gasteiger partial charge in [0.15, 0.2) is 0 Å². The van der Waals surface area contributed by atoms with Crippen LogP contribution in [0.4, 0.5) is 4.79 Å². The van der Waals surface area contributed by atoms with Crippen LogP contribution in [-0.2, 0) is 37.4 Å². The monoisotopic (exact) mass is 531 g/mol. The second-order valence-corrected chi connectivity index (χ2v) is 12.7. The van der Waals surface area contributed by atoms with Gasteiger partial charge in [-0.05, 0) is 91.3 Å². The van der Waals surface area contributed by atoms with Gasteiger partial charge < -0.3 is 10.1 Å². The van der Waals surface area contributed by atoms with Gasteiger partial charge in [-0.25, -0.2) is 4.79 Å². The standard InChI is InChI=1S/C29H48NO2.Y/c1-19(2)8-7-9-20(3)24-12-13-25-23-11-10-21-18-22(32-27(31)30-6)14-16-28(21,4)26(23)15-17-29(24,25)5;/h10,19-20,22-26H,6-9,11-18H2,1-5H3,(H,30,31);/q-1;+3. The van der Waals surface area contributed by atoms with Gasteiger partial charge in [0.25, 0.3) is 0 Å². The van der Waals surface area contributed by atoms with Crippen molar-refractivity contribution in [2.45, 2.75) is 111 Å². The molecule has 4 rings (SSSR count). The molecule has 0 aromatic carbocycles. The SMILES string of the molecule is [CH2-]NC(=O)OC1CCC2(C)C(=CCC3C2CCC2(C)C(C(C)CCCC(C)C)CCC32)C1.[Y+3]. The summed E-state index contributed by atoms with van der Waals surface area (Å²) in [5.74, 6) is 5.21.